The summed E-state index contributed by atoms with van der Waals surface area (Å²) in [4.78, 5) is 14.0. The number of nitrogens with zero attached hydrogens (tertiary/aromatic N) is 1. The number of hydrogen-bond donors (Lipinski definition) is 1. The smallest absolute Gasteiger partial charge is 0.225 e. The van der Waals surface area contributed by atoms with Crippen molar-refractivity contribution in [3.63, 3.8) is 0 Å². The Morgan fingerprint density at radius 2 is 2.38 bits per heavy atom. The van der Waals surface area contributed by atoms with Crippen LogP contribution in [0, 0.1) is 0 Å². The second kappa shape index (κ2) is 6.42. The predicted octanol–water partition coefficient (Wildman–Crippen LogP) is 0.798. The lowest BCUT2D eigenvalue weighted by Gasteiger charge is -2.34. The van der Waals surface area contributed by atoms with E-state index in [1.165, 1.54) is 0 Å². The molecular weight excluding hydrogens is 228 g/mol. The van der Waals surface area contributed by atoms with Crippen molar-refractivity contribution in [2.75, 3.05) is 26.2 Å². The summed E-state index contributed by atoms with van der Waals surface area (Å²) >= 11 is 0. The van der Waals surface area contributed by atoms with E-state index in [0.717, 1.165) is 39.1 Å². The van der Waals surface area contributed by atoms with Crippen LogP contribution in [0.15, 0.2) is 0 Å². The fourth-order valence-electron chi connectivity index (χ4n) is 2.33. The first-order valence-electron chi connectivity index (χ1n) is 5.89. The van der Waals surface area contributed by atoms with Crippen LogP contribution in [0.4, 0.5) is 0 Å². The lowest BCUT2D eigenvalue weighted by atomic mass is 10.1. The molecule has 1 unspecified atom stereocenters. The summed E-state index contributed by atoms with van der Waals surface area (Å²) in [6, 6.07) is 0.327. The van der Waals surface area contributed by atoms with E-state index in [9.17, 15) is 4.79 Å². The van der Waals surface area contributed by atoms with Crippen LogP contribution >= 0.6 is 12.4 Å². The van der Waals surface area contributed by atoms with E-state index in [2.05, 4.69) is 12.2 Å². The third kappa shape index (κ3) is 3.34. The Morgan fingerprint density at radius 3 is 3.00 bits per heavy atom. The number of amides is 1. The number of piperazine rings is 1. The molecule has 2 fully saturated rings. The number of halogens is 1. The first-order chi connectivity index (χ1) is 7.27. The summed E-state index contributed by atoms with van der Waals surface area (Å²) < 4.78 is 5.49. The van der Waals surface area contributed by atoms with E-state index in [1.807, 2.05) is 4.90 Å². The molecule has 2 aliphatic rings. The van der Waals surface area contributed by atoms with Crippen LogP contribution in [0.5, 0.6) is 0 Å². The highest BCUT2D eigenvalue weighted by molar-refractivity contribution is 5.85. The Kier molecular flexibility index (Phi) is 5.52. The molecule has 2 heterocycles. The van der Waals surface area contributed by atoms with Crippen molar-refractivity contribution in [2.45, 2.75) is 38.3 Å². The van der Waals surface area contributed by atoms with Crippen molar-refractivity contribution in [3.8, 4) is 0 Å². The minimum absolute atomic E-state index is 0. The highest BCUT2D eigenvalue weighted by Crippen LogP contribution is 2.17. The van der Waals surface area contributed by atoms with Gasteiger partial charge in [0, 0.05) is 32.3 Å². The molecule has 2 atom stereocenters. The first-order valence-corrected chi connectivity index (χ1v) is 5.89. The number of hydrogen-bond acceptors (Lipinski definition) is 3. The van der Waals surface area contributed by atoms with Gasteiger partial charge in [-0.15, -0.1) is 12.4 Å². The molecule has 0 aromatic rings. The molecular formula is C11H21ClN2O2. The molecule has 16 heavy (non-hydrogen) atoms. The molecule has 0 aliphatic carbocycles. The van der Waals surface area contributed by atoms with Gasteiger partial charge in [-0.05, 0) is 19.8 Å². The fraction of sp³-hybridized carbons (Fsp3) is 0.909. The summed E-state index contributed by atoms with van der Waals surface area (Å²) in [6.07, 6.45) is 2.91. The van der Waals surface area contributed by atoms with Crippen LogP contribution in [0.2, 0.25) is 0 Å². The maximum Gasteiger partial charge on any atom is 0.225 e. The second-order valence-electron chi connectivity index (χ2n) is 4.48. The summed E-state index contributed by atoms with van der Waals surface area (Å²) in [5.41, 5.74) is 0. The van der Waals surface area contributed by atoms with Crippen molar-refractivity contribution in [1.82, 2.24) is 10.2 Å². The van der Waals surface area contributed by atoms with Crippen molar-refractivity contribution in [1.29, 1.82) is 0 Å². The zero-order valence-corrected chi connectivity index (χ0v) is 10.6. The second-order valence-corrected chi connectivity index (χ2v) is 4.48. The average molecular weight is 249 g/mol. The largest absolute Gasteiger partial charge is 0.378 e. The van der Waals surface area contributed by atoms with Gasteiger partial charge in [-0.25, -0.2) is 0 Å². The van der Waals surface area contributed by atoms with Crippen molar-refractivity contribution in [3.05, 3.63) is 0 Å². The summed E-state index contributed by atoms with van der Waals surface area (Å²) in [5.74, 6) is 0.260. The van der Waals surface area contributed by atoms with Gasteiger partial charge in [-0.2, -0.15) is 0 Å². The monoisotopic (exact) mass is 248 g/mol. The summed E-state index contributed by atoms with van der Waals surface area (Å²) in [6.45, 7) is 5.60. The SMILES string of the molecule is C[C@@H]1CNCCN1C(=O)CC1CCCO1.Cl. The van der Waals surface area contributed by atoms with E-state index in [-0.39, 0.29) is 24.4 Å². The standard InChI is InChI=1S/C11H20N2O2.ClH/c1-9-8-12-4-5-13(9)11(14)7-10-3-2-6-15-10;/h9-10,12H,2-8H2,1H3;1H/t9-,10?;/m1./s1. The van der Waals surface area contributed by atoms with Crippen LogP contribution in [-0.2, 0) is 9.53 Å². The number of carbonyl (C=O) groups is 1. The van der Waals surface area contributed by atoms with Crippen molar-refractivity contribution >= 4 is 18.3 Å². The minimum Gasteiger partial charge on any atom is -0.378 e. The average Bonchev–Trinajstić information content (AvgIpc) is 2.71. The van der Waals surface area contributed by atoms with Crippen LogP contribution in [-0.4, -0.2) is 49.2 Å². The molecule has 0 aromatic heterocycles. The number of rotatable bonds is 2. The van der Waals surface area contributed by atoms with Crippen LogP contribution < -0.4 is 5.32 Å². The van der Waals surface area contributed by atoms with E-state index in [1.54, 1.807) is 0 Å². The highest BCUT2D eigenvalue weighted by atomic mass is 35.5. The third-order valence-electron chi connectivity index (χ3n) is 3.25. The van der Waals surface area contributed by atoms with E-state index in [0.29, 0.717) is 12.5 Å². The summed E-state index contributed by atoms with van der Waals surface area (Å²) in [5, 5.41) is 3.29. The van der Waals surface area contributed by atoms with Gasteiger partial charge >= 0.3 is 0 Å². The molecule has 94 valence electrons. The Hall–Kier alpha value is -0.320. The number of ether oxygens (including phenoxy) is 1. The Bertz CT molecular complexity index is 232. The van der Waals surface area contributed by atoms with Gasteiger partial charge in [-0.3, -0.25) is 4.79 Å². The van der Waals surface area contributed by atoms with Crippen LogP contribution in [0.1, 0.15) is 26.2 Å². The lowest BCUT2D eigenvalue weighted by molar-refractivity contribution is -0.136. The van der Waals surface area contributed by atoms with Gasteiger partial charge in [0.2, 0.25) is 5.91 Å². The minimum atomic E-state index is 0. The highest BCUT2D eigenvalue weighted by Gasteiger charge is 2.26. The first kappa shape index (κ1) is 13.7. The number of carbonyl (C=O) groups excluding carboxylic acids is 1. The number of nitrogens with one attached hydrogen (secondary N) is 1. The Labute approximate surface area is 103 Å². The zero-order chi connectivity index (χ0) is 10.7. The molecule has 2 rings (SSSR count). The molecule has 2 aliphatic heterocycles. The fourth-order valence-corrected chi connectivity index (χ4v) is 2.33. The topological polar surface area (TPSA) is 41.6 Å². The van der Waals surface area contributed by atoms with Crippen LogP contribution in [0.25, 0.3) is 0 Å². The Morgan fingerprint density at radius 1 is 1.56 bits per heavy atom. The zero-order valence-electron chi connectivity index (χ0n) is 9.78. The molecule has 0 saturated carbocycles. The predicted molar refractivity (Wildman–Crippen MR) is 64.9 cm³/mol. The van der Waals surface area contributed by atoms with Crippen molar-refractivity contribution < 1.29 is 9.53 Å². The van der Waals surface area contributed by atoms with Crippen LogP contribution in [0.3, 0.4) is 0 Å². The molecule has 0 spiro atoms. The van der Waals surface area contributed by atoms with Gasteiger partial charge in [0.15, 0.2) is 0 Å². The maximum atomic E-state index is 12.0. The van der Waals surface area contributed by atoms with Crippen molar-refractivity contribution in [2.24, 2.45) is 0 Å². The maximum absolute atomic E-state index is 12.0. The van der Waals surface area contributed by atoms with E-state index >= 15 is 0 Å². The lowest BCUT2D eigenvalue weighted by Crippen LogP contribution is -2.52. The molecule has 4 nitrogen and oxygen atoms in total. The summed E-state index contributed by atoms with van der Waals surface area (Å²) in [7, 11) is 0. The molecule has 1 amide bonds. The molecule has 5 heteroatoms. The molecule has 2 saturated heterocycles. The Balaban J connectivity index is 0.00000128. The van der Waals surface area contributed by atoms with Gasteiger partial charge in [-0.1, -0.05) is 0 Å². The van der Waals surface area contributed by atoms with E-state index < -0.39 is 0 Å². The molecule has 0 radical (unpaired) electrons. The van der Waals surface area contributed by atoms with Gasteiger partial charge in [0.1, 0.15) is 0 Å². The molecule has 0 bridgehead atoms. The normalized spacial score (nSPS) is 29.9. The van der Waals surface area contributed by atoms with E-state index in [4.69, 9.17) is 4.74 Å². The van der Waals surface area contributed by atoms with Gasteiger partial charge < -0.3 is 15.0 Å². The van der Waals surface area contributed by atoms with Gasteiger partial charge in [0.25, 0.3) is 0 Å². The molecule has 0 aromatic carbocycles. The quantitative estimate of drug-likeness (QED) is 0.786. The molecule has 1 N–H and O–H groups in total. The third-order valence-corrected chi connectivity index (χ3v) is 3.25. The van der Waals surface area contributed by atoms with Gasteiger partial charge in [0.05, 0.1) is 12.5 Å².